The van der Waals surface area contributed by atoms with Crippen molar-refractivity contribution in [2.75, 3.05) is 19.8 Å². The van der Waals surface area contributed by atoms with Gasteiger partial charge in [0.25, 0.3) is 0 Å². The number of phosphoric acid groups is 1. The van der Waals surface area contributed by atoms with Gasteiger partial charge in [0.05, 0.1) is 25.4 Å². The van der Waals surface area contributed by atoms with Gasteiger partial charge in [-0.05, 0) is 51.4 Å². The van der Waals surface area contributed by atoms with Gasteiger partial charge in [-0.1, -0.05) is 159 Å². The van der Waals surface area contributed by atoms with Crippen molar-refractivity contribution in [1.29, 1.82) is 0 Å². The summed E-state index contributed by atoms with van der Waals surface area (Å²) < 4.78 is 21.9. The highest BCUT2D eigenvalue weighted by atomic mass is 31.2. The molecule has 9 heteroatoms. The normalized spacial score (nSPS) is 14.6. The molecule has 1 amide bonds. The van der Waals surface area contributed by atoms with Crippen LogP contribution in [0.1, 0.15) is 181 Å². The van der Waals surface area contributed by atoms with Gasteiger partial charge in [0.2, 0.25) is 5.91 Å². The van der Waals surface area contributed by atoms with Crippen molar-refractivity contribution in [2.24, 2.45) is 5.73 Å². The molecule has 0 aliphatic heterocycles. The minimum Gasteiger partial charge on any atom is -0.387 e. The smallest absolute Gasteiger partial charge is 0.387 e. The summed E-state index contributed by atoms with van der Waals surface area (Å²) in [4.78, 5) is 22.5. The second kappa shape index (κ2) is 36.5. The second-order valence-corrected chi connectivity index (χ2v) is 14.9. The number of hydrogen-bond acceptors (Lipinski definition) is 6. The SMILES string of the molecule is CCCCCCC/C=C\C/C=C\CCCCCCCCCCCCCC(=O)NC(COP(=O)(O)OCCN)C(O)/C=C/CCCCCCC. The molecule has 49 heavy (non-hydrogen) atoms. The molecule has 0 aromatic heterocycles. The molecular weight excluding hydrogens is 635 g/mol. The van der Waals surface area contributed by atoms with Crippen LogP contribution in [0.5, 0.6) is 0 Å². The van der Waals surface area contributed by atoms with Crippen molar-refractivity contribution < 1.29 is 28.4 Å². The Hall–Kier alpha value is -1.28. The van der Waals surface area contributed by atoms with Gasteiger partial charge in [-0.3, -0.25) is 13.8 Å². The number of rotatable bonds is 37. The van der Waals surface area contributed by atoms with E-state index >= 15 is 0 Å². The fourth-order valence-electron chi connectivity index (χ4n) is 5.63. The maximum atomic E-state index is 12.7. The lowest BCUT2D eigenvalue weighted by molar-refractivity contribution is -0.123. The van der Waals surface area contributed by atoms with Gasteiger partial charge in [-0.15, -0.1) is 0 Å². The predicted octanol–water partition coefficient (Wildman–Crippen LogP) is 10.8. The van der Waals surface area contributed by atoms with E-state index in [-0.39, 0.29) is 25.7 Å². The van der Waals surface area contributed by atoms with Gasteiger partial charge in [0.1, 0.15) is 0 Å². The Labute approximate surface area is 301 Å². The zero-order valence-electron chi connectivity index (χ0n) is 31.7. The van der Waals surface area contributed by atoms with E-state index in [2.05, 4.69) is 43.5 Å². The fraction of sp³-hybridized carbons (Fsp3) is 0.825. The Kier molecular flexibility index (Phi) is 35.6. The standard InChI is InChI=1S/C40H77N2O6P/c1-3-5-7-9-11-12-13-14-15-16-17-18-19-20-21-22-23-24-25-26-28-30-32-34-40(44)42-38(37-48-49(45,46)47-36-35-41)39(43)33-31-29-27-10-8-6-4-2/h13-14,16-17,31,33,38-39,43H,3-12,15,18-30,32,34-37,41H2,1-2H3,(H,42,44)(H,45,46)/b14-13-,17-16-,33-31+. The minimum atomic E-state index is -4.32. The van der Waals surface area contributed by atoms with Crippen LogP contribution in [0.3, 0.4) is 0 Å². The number of aliphatic hydroxyl groups excluding tert-OH is 1. The zero-order valence-corrected chi connectivity index (χ0v) is 32.6. The lowest BCUT2D eigenvalue weighted by atomic mass is 10.0. The van der Waals surface area contributed by atoms with Crippen molar-refractivity contribution in [1.82, 2.24) is 5.32 Å². The topological polar surface area (TPSA) is 131 Å². The van der Waals surface area contributed by atoms with Crippen LogP contribution in [0.25, 0.3) is 0 Å². The molecule has 0 rings (SSSR count). The number of hydrogen-bond donors (Lipinski definition) is 4. The lowest BCUT2D eigenvalue weighted by Crippen LogP contribution is -2.45. The van der Waals surface area contributed by atoms with Crippen LogP contribution >= 0.6 is 7.82 Å². The quantitative estimate of drug-likeness (QED) is 0.0286. The highest BCUT2D eigenvalue weighted by Crippen LogP contribution is 2.43. The van der Waals surface area contributed by atoms with Gasteiger partial charge < -0.3 is 21.1 Å². The first kappa shape index (κ1) is 47.7. The molecule has 0 aliphatic rings. The molecule has 0 heterocycles. The van der Waals surface area contributed by atoms with E-state index in [0.717, 1.165) is 44.9 Å². The van der Waals surface area contributed by atoms with Crippen molar-refractivity contribution in [2.45, 2.75) is 193 Å². The van der Waals surface area contributed by atoms with E-state index in [4.69, 9.17) is 14.8 Å². The fourth-order valence-corrected chi connectivity index (χ4v) is 6.39. The molecule has 0 bridgehead atoms. The van der Waals surface area contributed by atoms with Crippen LogP contribution in [-0.4, -0.2) is 47.8 Å². The van der Waals surface area contributed by atoms with E-state index < -0.39 is 20.0 Å². The van der Waals surface area contributed by atoms with Crippen LogP contribution < -0.4 is 11.1 Å². The number of phosphoric ester groups is 1. The molecule has 0 saturated carbocycles. The van der Waals surface area contributed by atoms with Crippen LogP contribution in [-0.2, 0) is 18.4 Å². The molecule has 5 N–H and O–H groups in total. The molecule has 288 valence electrons. The lowest BCUT2D eigenvalue weighted by Gasteiger charge is -2.23. The summed E-state index contributed by atoms with van der Waals surface area (Å²) >= 11 is 0. The molecule has 8 nitrogen and oxygen atoms in total. The Balaban J connectivity index is 4.02. The van der Waals surface area contributed by atoms with Gasteiger partial charge in [-0.2, -0.15) is 0 Å². The van der Waals surface area contributed by atoms with E-state index in [1.165, 1.54) is 116 Å². The van der Waals surface area contributed by atoms with Gasteiger partial charge >= 0.3 is 7.82 Å². The first-order chi connectivity index (χ1) is 23.9. The third-order valence-electron chi connectivity index (χ3n) is 8.71. The Bertz CT molecular complexity index is 866. The first-order valence-electron chi connectivity index (χ1n) is 20.1. The summed E-state index contributed by atoms with van der Waals surface area (Å²) in [5.41, 5.74) is 5.34. The molecule has 0 radical (unpaired) electrons. The predicted molar refractivity (Wildman–Crippen MR) is 208 cm³/mol. The third kappa shape index (κ3) is 34.9. The van der Waals surface area contributed by atoms with E-state index in [0.29, 0.717) is 6.42 Å². The average Bonchev–Trinajstić information content (AvgIpc) is 3.09. The highest BCUT2D eigenvalue weighted by Gasteiger charge is 2.26. The van der Waals surface area contributed by atoms with Gasteiger partial charge in [0, 0.05) is 13.0 Å². The van der Waals surface area contributed by atoms with Crippen LogP contribution in [0.4, 0.5) is 0 Å². The largest absolute Gasteiger partial charge is 0.472 e. The number of allylic oxidation sites excluding steroid dienone is 5. The molecular formula is C40H77N2O6P. The monoisotopic (exact) mass is 713 g/mol. The number of amides is 1. The Morgan fingerprint density at radius 1 is 0.673 bits per heavy atom. The van der Waals surface area contributed by atoms with Crippen molar-refractivity contribution in [3.05, 3.63) is 36.5 Å². The molecule has 3 unspecified atom stereocenters. The van der Waals surface area contributed by atoms with Crippen LogP contribution in [0, 0.1) is 0 Å². The summed E-state index contributed by atoms with van der Waals surface area (Å²) in [5.74, 6) is -0.202. The van der Waals surface area contributed by atoms with E-state index in [1.807, 2.05) is 6.08 Å². The second-order valence-electron chi connectivity index (χ2n) is 13.5. The number of carbonyl (C=O) groups excluding carboxylic acids is 1. The number of aliphatic hydroxyl groups is 1. The summed E-state index contributed by atoms with van der Waals surface area (Å²) in [5, 5.41) is 13.5. The minimum absolute atomic E-state index is 0.0774. The van der Waals surface area contributed by atoms with Crippen LogP contribution in [0.2, 0.25) is 0 Å². The summed E-state index contributed by atoms with van der Waals surface area (Å²) in [6, 6.07) is -0.857. The van der Waals surface area contributed by atoms with Gasteiger partial charge in [-0.25, -0.2) is 4.57 Å². The Morgan fingerprint density at radius 2 is 1.12 bits per heavy atom. The maximum Gasteiger partial charge on any atom is 0.472 e. The summed E-state index contributed by atoms with van der Waals surface area (Å²) in [7, 11) is -4.32. The van der Waals surface area contributed by atoms with Gasteiger partial charge in [0.15, 0.2) is 0 Å². The molecule has 0 aromatic rings. The van der Waals surface area contributed by atoms with E-state index in [1.54, 1.807) is 6.08 Å². The average molecular weight is 713 g/mol. The molecule has 0 aromatic carbocycles. The number of nitrogens with two attached hydrogens (primary N) is 1. The van der Waals surface area contributed by atoms with Crippen LogP contribution in [0.15, 0.2) is 36.5 Å². The molecule has 0 aliphatic carbocycles. The molecule has 0 fully saturated rings. The van der Waals surface area contributed by atoms with E-state index in [9.17, 15) is 19.4 Å². The molecule has 0 spiro atoms. The van der Waals surface area contributed by atoms with Crippen molar-refractivity contribution >= 4 is 13.7 Å². The number of unbranched alkanes of at least 4 members (excludes halogenated alkanes) is 21. The number of carbonyl (C=O) groups is 1. The van der Waals surface area contributed by atoms with Crippen molar-refractivity contribution in [3.63, 3.8) is 0 Å². The zero-order chi connectivity index (χ0) is 36.1. The molecule has 0 saturated heterocycles. The summed E-state index contributed by atoms with van der Waals surface area (Å²) in [6.45, 7) is 4.05. The van der Waals surface area contributed by atoms with Crippen molar-refractivity contribution in [3.8, 4) is 0 Å². The highest BCUT2D eigenvalue weighted by molar-refractivity contribution is 7.47. The third-order valence-corrected chi connectivity index (χ3v) is 9.69. The maximum absolute atomic E-state index is 12.7. The Morgan fingerprint density at radius 3 is 1.61 bits per heavy atom. The molecule has 3 atom stereocenters. The number of nitrogens with one attached hydrogen (secondary N) is 1. The first-order valence-corrected chi connectivity index (χ1v) is 21.6. The summed E-state index contributed by atoms with van der Waals surface area (Å²) in [6.07, 6.45) is 42.2.